The lowest BCUT2D eigenvalue weighted by Crippen LogP contribution is -2.25. The highest BCUT2D eigenvalue weighted by atomic mass is 14.9. The molecule has 1 N–H and O–H groups in total. The number of rotatable bonds is 2. The van der Waals surface area contributed by atoms with E-state index in [0.717, 1.165) is 0 Å². The van der Waals surface area contributed by atoms with Gasteiger partial charge in [0.1, 0.15) is 6.33 Å². The number of aromatic nitrogens is 2. The summed E-state index contributed by atoms with van der Waals surface area (Å²) in [5.41, 5.74) is 1.55. The lowest BCUT2D eigenvalue weighted by Gasteiger charge is -2.23. The Morgan fingerprint density at radius 1 is 1.43 bits per heavy atom. The van der Waals surface area contributed by atoms with Crippen LogP contribution in [0, 0.1) is 0 Å². The molecule has 2 rings (SSSR count). The van der Waals surface area contributed by atoms with Crippen molar-refractivity contribution >= 4 is 0 Å². The van der Waals surface area contributed by atoms with Crippen LogP contribution in [0.15, 0.2) is 18.7 Å². The standard InChI is InChI=1S/C11H17N3/c1-11(4-3-10(5-11)12-2)9-6-13-8-14-7-9/h6-8,10,12H,3-5H2,1-2H3. The van der Waals surface area contributed by atoms with E-state index in [0.29, 0.717) is 6.04 Å². The smallest absolute Gasteiger partial charge is 0.115 e. The van der Waals surface area contributed by atoms with Gasteiger partial charge in [-0.25, -0.2) is 9.97 Å². The summed E-state index contributed by atoms with van der Waals surface area (Å²) in [7, 11) is 2.04. The average molecular weight is 191 g/mol. The van der Waals surface area contributed by atoms with Crippen LogP contribution in [0.2, 0.25) is 0 Å². The molecule has 2 unspecified atom stereocenters. The highest BCUT2D eigenvalue weighted by molar-refractivity contribution is 5.20. The molecule has 14 heavy (non-hydrogen) atoms. The average Bonchev–Trinajstić information content (AvgIpc) is 2.63. The van der Waals surface area contributed by atoms with E-state index in [9.17, 15) is 0 Å². The van der Waals surface area contributed by atoms with Gasteiger partial charge < -0.3 is 5.32 Å². The summed E-state index contributed by atoms with van der Waals surface area (Å²) >= 11 is 0. The van der Waals surface area contributed by atoms with E-state index in [-0.39, 0.29) is 5.41 Å². The van der Waals surface area contributed by atoms with E-state index in [4.69, 9.17) is 0 Å². The first-order chi connectivity index (χ1) is 6.74. The molecule has 1 fully saturated rings. The van der Waals surface area contributed by atoms with Gasteiger partial charge in [-0.15, -0.1) is 0 Å². The second-order valence-electron chi connectivity index (χ2n) is 4.42. The zero-order valence-corrected chi connectivity index (χ0v) is 8.83. The van der Waals surface area contributed by atoms with Crippen molar-refractivity contribution in [2.24, 2.45) is 0 Å². The van der Waals surface area contributed by atoms with E-state index >= 15 is 0 Å². The third kappa shape index (κ3) is 1.64. The highest BCUT2D eigenvalue weighted by Crippen LogP contribution is 2.39. The summed E-state index contributed by atoms with van der Waals surface area (Å²) in [6.07, 6.45) is 9.16. The van der Waals surface area contributed by atoms with Crippen LogP contribution in [0.3, 0.4) is 0 Å². The molecule has 3 nitrogen and oxygen atoms in total. The minimum absolute atomic E-state index is 0.273. The first-order valence-electron chi connectivity index (χ1n) is 5.17. The molecule has 76 valence electrons. The number of nitrogens with one attached hydrogen (secondary N) is 1. The van der Waals surface area contributed by atoms with E-state index in [1.54, 1.807) is 6.33 Å². The Kier molecular flexibility index (Phi) is 2.50. The Morgan fingerprint density at radius 2 is 2.14 bits per heavy atom. The monoisotopic (exact) mass is 191 g/mol. The molecule has 0 bridgehead atoms. The third-order valence-corrected chi connectivity index (χ3v) is 3.41. The van der Waals surface area contributed by atoms with Crippen molar-refractivity contribution in [3.05, 3.63) is 24.3 Å². The van der Waals surface area contributed by atoms with Gasteiger partial charge in [0.15, 0.2) is 0 Å². The van der Waals surface area contributed by atoms with Crippen LogP contribution in [0.4, 0.5) is 0 Å². The first kappa shape index (κ1) is 9.59. The molecule has 1 aromatic rings. The lowest BCUT2D eigenvalue weighted by molar-refractivity contribution is 0.463. The largest absolute Gasteiger partial charge is 0.317 e. The van der Waals surface area contributed by atoms with E-state index in [1.807, 2.05) is 19.4 Å². The van der Waals surface area contributed by atoms with Crippen LogP contribution in [0.25, 0.3) is 0 Å². The number of nitrogens with zero attached hydrogens (tertiary/aromatic N) is 2. The molecule has 1 aliphatic rings. The lowest BCUT2D eigenvalue weighted by atomic mass is 9.82. The summed E-state index contributed by atoms with van der Waals surface area (Å²) in [6.45, 7) is 2.31. The van der Waals surface area contributed by atoms with Crippen LogP contribution in [-0.2, 0) is 5.41 Å². The molecule has 1 aliphatic carbocycles. The van der Waals surface area contributed by atoms with Crippen molar-refractivity contribution in [1.29, 1.82) is 0 Å². The Balaban J connectivity index is 2.19. The van der Waals surface area contributed by atoms with Gasteiger partial charge in [0, 0.05) is 18.4 Å². The summed E-state index contributed by atoms with van der Waals surface area (Å²) in [4.78, 5) is 8.19. The van der Waals surface area contributed by atoms with Gasteiger partial charge in [-0.3, -0.25) is 0 Å². The number of hydrogen-bond donors (Lipinski definition) is 1. The van der Waals surface area contributed by atoms with Gasteiger partial charge >= 0.3 is 0 Å². The van der Waals surface area contributed by atoms with Gasteiger partial charge in [0.2, 0.25) is 0 Å². The maximum absolute atomic E-state index is 4.09. The zero-order chi connectivity index (χ0) is 10.0. The molecule has 0 spiro atoms. The van der Waals surface area contributed by atoms with Crippen LogP contribution in [0.5, 0.6) is 0 Å². The maximum atomic E-state index is 4.09. The van der Waals surface area contributed by atoms with E-state index in [2.05, 4.69) is 22.2 Å². The summed E-state index contributed by atoms with van der Waals surface area (Å²) in [5, 5.41) is 3.35. The molecule has 0 saturated heterocycles. The zero-order valence-electron chi connectivity index (χ0n) is 8.83. The Morgan fingerprint density at radius 3 is 2.71 bits per heavy atom. The van der Waals surface area contributed by atoms with Crippen molar-refractivity contribution in [3.8, 4) is 0 Å². The molecule has 0 amide bonds. The van der Waals surface area contributed by atoms with Crippen molar-refractivity contribution in [1.82, 2.24) is 15.3 Å². The fraction of sp³-hybridized carbons (Fsp3) is 0.636. The van der Waals surface area contributed by atoms with Gasteiger partial charge in [-0.05, 0) is 37.3 Å². The molecule has 0 radical (unpaired) electrons. The van der Waals surface area contributed by atoms with Gasteiger partial charge in [0.05, 0.1) is 0 Å². The molecule has 2 atom stereocenters. The first-order valence-corrected chi connectivity index (χ1v) is 5.17. The minimum Gasteiger partial charge on any atom is -0.317 e. The fourth-order valence-electron chi connectivity index (χ4n) is 2.36. The predicted octanol–water partition coefficient (Wildman–Crippen LogP) is 1.51. The second-order valence-corrected chi connectivity index (χ2v) is 4.42. The van der Waals surface area contributed by atoms with E-state index < -0.39 is 0 Å². The molecule has 0 aromatic carbocycles. The van der Waals surface area contributed by atoms with Crippen LogP contribution >= 0.6 is 0 Å². The molecule has 0 aliphatic heterocycles. The van der Waals surface area contributed by atoms with Crippen molar-refractivity contribution in [3.63, 3.8) is 0 Å². The summed E-state index contributed by atoms with van der Waals surface area (Å²) in [5.74, 6) is 0. The third-order valence-electron chi connectivity index (χ3n) is 3.41. The summed E-state index contributed by atoms with van der Waals surface area (Å²) < 4.78 is 0. The van der Waals surface area contributed by atoms with Crippen LogP contribution < -0.4 is 5.32 Å². The SMILES string of the molecule is CNC1CCC(C)(c2cncnc2)C1. The van der Waals surface area contributed by atoms with Crippen molar-refractivity contribution in [2.75, 3.05) is 7.05 Å². The topological polar surface area (TPSA) is 37.8 Å². The quantitative estimate of drug-likeness (QED) is 0.770. The van der Waals surface area contributed by atoms with Crippen LogP contribution in [-0.4, -0.2) is 23.1 Å². The summed E-state index contributed by atoms with van der Waals surface area (Å²) in [6, 6.07) is 0.653. The van der Waals surface area contributed by atoms with Gasteiger partial charge in [0.25, 0.3) is 0 Å². The maximum Gasteiger partial charge on any atom is 0.115 e. The normalized spacial score (nSPS) is 32.0. The van der Waals surface area contributed by atoms with Crippen molar-refractivity contribution < 1.29 is 0 Å². The Hall–Kier alpha value is -0.960. The predicted molar refractivity (Wildman–Crippen MR) is 56.1 cm³/mol. The molecular formula is C11H17N3. The van der Waals surface area contributed by atoms with Gasteiger partial charge in [-0.1, -0.05) is 6.92 Å². The number of hydrogen-bond acceptors (Lipinski definition) is 3. The highest BCUT2D eigenvalue weighted by Gasteiger charge is 2.36. The fourth-order valence-corrected chi connectivity index (χ4v) is 2.36. The Labute approximate surface area is 85.0 Å². The van der Waals surface area contributed by atoms with Crippen LogP contribution in [0.1, 0.15) is 31.7 Å². The minimum atomic E-state index is 0.273. The van der Waals surface area contributed by atoms with Crippen molar-refractivity contribution in [2.45, 2.75) is 37.6 Å². The molecule has 3 heteroatoms. The van der Waals surface area contributed by atoms with E-state index in [1.165, 1.54) is 24.8 Å². The second kappa shape index (κ2) is 3.65. The Bertz CT molecular complexity index is 299. The molecule has 1 heterocycles. The molecule has 1 saturated carbocycles. The molecule has 1 aromatic heterocycles. The molecular weight excluding hydrogens is 174 g/mol. The van der Waals surface area contributed by atoms with Gasteiger partial charge in [-0.2, -0.15) is 0 Å².